The molecule has 0 aromatic carbocycles. The first-order valence-corrected chi connectivity index (χ1v) is 8.13. The Morgan fingerprint density at radius 3 is 1.89 bits per heavy atom. The predicted molar refractivity (Wildman–Crippen MR) is 52.8 cm³/mol. The number of thiol groups is 2. The Kier molecular flexibility index (Phi) is 4.52. The van der Waals surface area contributed by atoms with Crippen molar-refractivity contribution in [2.45, 2.75) is 19.6 Å². The van der Waals surface area contributed by atoms with Gasteiger partial charge in [0.2, 0.25) is 9.92 Å². The van der Waals surface area contributed by atoms with Gasteiger partial charge >= 0.3 is 0 Å². The van der Waals surface area contributed by atoms with E-state index in [0.29, 0.717) is 0 Å². The first kappa shape index (κ1) is 10.1. The van der Waals surface area contributed by atoms with Crippen LogP contribution in [-0.4, -0.2) is 21.6 Å². The van der Waals surface area contributed by atoms with Crippen molar-refractivity contribution in [2.24, 2.45) is 0 Å². The van der Waals surface area contributed by atoms with Crippen molar-refractivity contribution in [3.63, 3.8) is 0 Å². The molecule has 0 unspecified atom stereocenters. The molecule has 0 N–H and O–H groups in total. The average Bonchev–Trinajstić information content (AvgIpc) is 1.59. The molecule has 0 fully saturated rings. The molecule has 0 aromatic heterocycles. The lowest BCUT2D eigenvalue weighted by Gasteiger charge is -2.18. The van der Waals surface area contributed by atoms with Crippen LogP contribution in [0.1, 0.15) is 0 Å². The summed E-state index contributed by atoms with van der Waals surface area (Å²) in [6.07, 6.45) is 0. The van der Waals surface area contributed by atoms with Crippen molar-refractivity contribution in [3.8, 4) is 0 Å². The molecule has 0 amide bonds. The van der Waals surface area contributed by atoms with Gasteiger partial charge in [-0.2, -0.15) is 0 Å². The quantitative estimate of drug-likeness (QED) is 0.516. The lowest BCUT2D eigenvalue weighted by molar-refractivity contribution is 0.579. The monoisotopic (exact) mass is 199 g/mol. The molecule has 0 rings (SSSR count). The Morgan fingerprint density at radius 1 is 1.33 bits per heavy atom. The first-order valence-electron chi connectivity index (χ1n) is 2.71. The molecule has 0 aliphatic heterocycles. The van der Waals surface area contributed by atoms with Crippen molar-refractivity contribution in [1.29, 1.82) is 0 Å². The van der Waals surface area contributed by atoms with Gasteiger partial charge in [0.25, 0.3) is 0 Å². The molecule has 0 saturated carbocycles. The Hall–Kier alpha value is 1.05. The van der Waals surface area contributed by atoms with Gasteiger partial charge in [-0.1, -0.05) is 25.6 Å². The maximum atomic E-state index is 5.54. The molecule has 0 heterocycles. The van der Waals surface area contributed by atoms with E-state index in [1.165, 1.54) is 0 Å². The van der Waals surface area contributed by atoms with Gasteiger partial charge in [0.05, 0.1) is 0 Å². The summed E-state index contributed by atoms with van der Waals surface area (Å²) >= 11 is 7.93. The second-order valence-electron chi connectivity index (χ2n) is 2.76. The SMILES string of the molecule is C[Si](C)(C)O[SiH2]N(S)S. The molecule has 0 spiro atoms. The lowest BCUT2D eigenvalue weighted by atomic mass is 11.8. The van der Waals surface area contributed by atoms with E-state index in [4.69, 9.17) is 4.12 Å². The maximum Gasteiger partial charge on any atom is 0.248 e. The second kappa shape index (κ2) is 4.04. The minimum absolute atomic E-state index is 0.635. The molecular weight excluding hydrogens is 186 g/mol. The van der Waals surface area contributed by atoms with Gasteiger partial charge in [0.15, 0.2) is 8.32 Å². The zero-order valence-corrected chi connectivity index (χ0v) is 10.2. The molecule has 0 bridgehead atoms. The number of rotatable bonds is 3. The fraction of sp³-hybridized carbons (Fsp3) is 1.00. The van der Waals surface area contributed by atoms with Crippen LogP contribution in [0.2, 0.25) is 19.6 Å². The smallest absolute Gasteiger partial charge is 0.248 e. The molecule has 0 aliphatic rings. The van der Waals surface area contributed by atoms with Crippen LogP contribution in [0.5, 0.6) is 0 Å². The normalized spacial score (nSPS) is 14.0. The molecule has 56 valence electrons. The summed E-state index contributed by atoms with van der Waals surface area (Å²) in [5.41, 5.74) is 0. The van der Waals surface area contributed by atoms with Crippen LogP contribution < -0.4 is 0 Å². The Balaban J connectivity index is 3.28. The van der Waals surface area contributed by atoms with E-state index in [0.717, 1.165) is 0 Å². The summed E-state index contributed by atoms with van der Waals surface area (Å²) in [5.74, 6) is 0. The van der Waals surface area contributed by atoms with Crippen molar-refractivity contribution in [1.82, 2.24) is 3.38 Å². The second-order valence-corrected chi connectivity index (χ2v) is 11.4. The summed E-state index contributed by atoms with van der Waals surface area (Å²) in [6.45, 7) is 6.47. The molecule has 0 atom stereocenters. The van der Waals surface area contributed by atoms with E-state index in [9.17, 15) is 0 Å². The summed E-state index contributed by atoms with van der Waals surface area (Å²) in [6, 6.07) is 0. The fourth-order valence-corrected chi connectivity index (χ4v) is 3.30. The van der Waals surface area contributed by atoms with Crippen LogP contribution >= 0.6 is 25.6 Å². The van der Waals surface area contributed by atoms with Crippen LogP contribution in [0, 0.1) is 0 Å². The van der Waals surface area contributed by atoms with E-state index < -0.39 is 18.2 Å². The van der Waals surface area contributed by atoms with Crippen LogP contribution in [0.15, 0.2) is 0 Å². The maximum absolute atomic E-state index is 5.54. The van der Waals surface area contributed by atoms with Crippen LogP contribution in [-0.2, 0) is 4.12 Å². The van der Waals surface area contributed by atoms with E-state index in [1.807, 2.05) is 0 Å². The fourth-order valence-electron chi connectivity index (χ4n) is 0.251. The average molecular weight is 199 g/mol. The van der Waals surface area contributed by atoms with E-state index in [2.05, 4.69) is 45.3 Å². The lowest BCUT2D eigenvalue weighted by Crippen LogP contribution is -2.30. The zero-order chi connectivity index (χ0) is 7.49. The summed E-state index contributed by atoms with van der Waals surface area (Å²) in [7, 11) is -1.93. The molecule has 0 saturated heterocycles. The van der Waals surface area contributed by atoms with Crippen molar-refractivity contribution in [2.75, 3.05) is 0 Å². The van der Waals surface area contributed by atoms with Gasteiger partial charge in [0, 0.05) is 0 Å². The predicted octanol–water partition coefficient (Wildman–Crippen LogP) is 0.828. The van der Waals surface area contributed by atoms with Crippen molar-refractivity contribution < 1.29 is 4.12 Å². The topological polar surface area (TPSA) is 12.5 Å². The Morgan fingerprint density at radius 2 is 1.78 bits per heavy atom. The third kappa shape index (κ3) is 9.05. The van der Waals surface area contributed by atoms with Crippen molar-refractivity contribution in [3.05, 3.63) is 0 Å². The standard InChI is InChI=1S/C3H13NOS2Si2/c1-9(2,3)5-8-4(6)7/h6-7H,8H2,1-3H3. The molecule has 2 nitrogen and oxygen atoms in total. The minimum atomic E-state index is -1.30. The highest BCUT2D eigenvalue weighted by Gasteiger charge is 2.13. The first-order chi connectivity index (χ1) is 3.92. The Bertz CT molecular complexity index is 84.4. The van der Waals surface area contributed by atoms with Crippen LogP contribution in [0.25, 0.3) is 0 Å². The number of nitrogens with zero attached hydrogens (tertiary/aromatic N) is 1. The molecular formula is C3H13NOS2Si2. The third-order valence-corrected chi connectivity index (χ3v) is 5.52. The highest BCUT2D eigenvalue weighted by atomic mass is 32.2. The van der Waals surface area contributed by atoms with E-state index in [1.54, 1.807) is 3.38 Å². The third-order valence-electron chi connectivity index (χ3n) is 0.613. The Labute approximate surface area is 71.2 Å². The summed E-state index contributed by atoms with van der Waals surface area (Å²) < 4.78 is 7.11. The highest BCUT2D eigenvalue weighted by molar-refractivity contribution is 7.95. The van der Waals surface area contributed by atoms with Crippen molar-refractivity contribution >= 4 is 43.9 Å². The molecule has 9 heavy (non-hydrogen) atoms. The molecule has 0 aromatic rings. The largest absolute Gasteiger partial charge is 0.448 e. The van der Waals surface area contributed by atoms with E-state index >= 15 is 0 Å². The van der Waals surface area contributed by atoms with Gasteiger partial charge in [-0.05, 0) is 19.6 Å². The highest BCUT2D eigenvalue weighted by Crippen LogP contribution is 2.03. The zero-order valence-electron chi connectivity index (χ0n) is 5.96. The summed E-state index contributed by atoms with van der Waals surface area (Å²) in [4.78, 5) is 0. The van der Waals surface area contributed by atoms with Gasteiger partial charge in [-0.3, -0.25) is 0 Å². The number of hydrogen-bond donors (Lipinski definition) is 2. The molecule has 6 heteroatoms. The molecule has 0 radical (unpaired) electrons. The van der Waals surface area contributed by atoms with Crippen LogP contribution in [0.4, 0.5) is 0 Å². The van der Waals surface area contributed by atoms with Crippen LogP contribution in [0.3, 0.4) is 0 Å². The number of hydrogen-bond acceptors (Lipinski definition) is 4. The van der Waals surface area contributed by atoms with Gasteiger partial charge in [0.1, 0.15) is 0 Å². The molecule has 0 aliphatic carbocycles. The summed E-state index contributed by atoms with van der Waals surface area (Å²) in [5, 5.41) is 0. The van der Waals surface area contributed by atoms with Gasteiger partial charge in [-0.25, -0.2) is 3.38 Å². The van der Waals surface area contributed by atoms with E-state index in [-0.39, 0.29) is 0 Å². The minimum Gasteiger partial charge on any atom is -0.448 e. The van der Waals surface area contributed by atoms with Gasteiger partial charge < -0.3 is 4.12 Å². The van der Waals surface area contributed by atoms with Gasteiger partial charge in [-0.15, -0.1) is 0 Å².